The number of halogens is 2. The maximum atomic E-state index is 14.3. The van der Waals surface area contributed by atoms with Crippen molar-refractivity contribution in [3.63, 3.8) is 0 Å². The van der Waals surface area contributed by atoms with Crippen molar-refractivity contribution in [2.45, 2.75) is 11.4 Å². The fourth-order valence-electron chi connectivity index (χ4n) is 4.27. The van der Waals surface area contributed by atoms with Crippen LogP contribution in [0.2, 0.25) is 0 Å². The summed E-state index contributed by atoms with van der Waals surface area (Å²) in [5, 5.41) is 0. The van der Waals surface area contributed by atoms with Crippen LogP contribution in [0.1, 0.15) is 21.5 Å². The van der Waals surface area contributed by atoms with Gasteiger partial charge in [-0.2, -0.15) is 0 Å². The lowest BCUT2D eigenvalue weighted by Crippen LogP contribution is -2.50. The summed E-state index contributed by atoms with van der Waals surface area (Å²) in [6, 6.07) is 19.0. The van der Waals surface area contributed by atoms with E-state index in [0.717, 1.165) is 0 Å². The largest absolute Gasteiger partial charge is 0.311 e. The third-order valence-corrected chi connectivity index (χ3v) is 7.14. The van der Waals surface area contributed by atoms with Gasteiger partial charge in [0.25, 0.3) is 11.8 Å². The van der Waals surface area contributed by atoms with Crippen LogP contribution >= 0.6 is 11.8 Å². The SMILES string of the molecule is O=C(c1ccc(F)cc1)N1CCSC12C(=O)N(Cc1ccccc1F)c1ccccc12. The van der Waals surface area contributed by atoms with E-state index in [4.69, 9.17) is 0 Å². The molecule has 3 aromatic carbocycles. The molecule has 1 saturated heterocycles. The first-order valence-corrected chi connectivity index (χ1v) is 10.9. The second-order valence-electron chi connectivity index (χ2n) is 7.46. The number of fused-ring (bicyclic) bond motifs is 2. The molecule has 0 radical (unpaired) electrons. The summed E-state index contributed by atoms with van der Waals surface area (Å²) in [6.07, 6.45) is 0. The Bertz CT molecular complexity index is 1180. The fourth-order valence-corrected chi connectivity index (χ4v) is 5.73. The molecule has 5 rings (SSSR count). The normalized spacial score (nSPS) is 19.9. The van der Waals surface area contributed by atoms with E-state index < -0.39 is 10.7 Å². The molecule has 0 N–H and O–H groups in total. The van der Waals surface area contributed by atoms with Gasteiger partial charge in [-0.05, 0) is 36.4 Å². The van der Waals surface area contributed by atoms with Crippen LogP contribution in [0, 0.1) is 11.6 Å². The van der Waals surface area contributed by atoms with Crippen LogP contribution in [0.4, 0.5) is 14.5 Å². The molecule has 1 spiro atoms. The van der Waals surface area contributed by atoms with Crippen LogP contribution in [-0.2, 0) is 16.2 Å². The van der Waals surface area contributed by atoms with Crippen LogP contribution in [0.15, 0.2) is 72.8 Å². The summed E-state index contributed by atoms with van der Waals surface area (Å²) < 4.78 is 27.7. The van der Waals surface area contributed by atoms with Crippen molar-refractivity contribution in [3.8, 4) is 0 Å². The third-order valence-electron chi connectivity index (χ3n) is 5.72. The van der Waals surface area contributed by atoms with E-state index in [-0.39, 0.29) is 24.2 Å². The summed E-state index contributed by atoms with van der Waals surface area (Å²) in [4.78, 5) is 29.1. The Labute approximate surface area is 182 Å². The van der Waals surface area contributed by atoms with Crippen molar-refractivity contribution >= 4 is 29.3 Å². The summed E-state index contributed by atoms with van der Waals surface area (Å²) in [5.41, 5.74) is 2.11. The number of amides is 2. The van der Waals surface area contributed by atoms with Gasteiger partial charge in [-0.3, -0.25) is 9.59 Å². The van der Waals surface area contributed by atoms with Crippen molar-refractivity contribution in [2.24, 2.45) is 0 Å². The second-order valence-corrected chi connectivity index (χ2v) is 8.74. The average Bonchev–Trinajstić information content (AvgIpc) is 3.32. The first kappa shape index (κ1) is 19.8. The minimum atomic E-state index is -1.21. The van der Waals surface area contributed by atoms with E-state index in [1.807, 2.05) is 24.3 Å². The molecule has 7 heteroatoms. The second kappa shape index (κ2) is 7.50. The van der Waals surface area contributed by atoms with Gasteiger partial charge in [0, 0.05) is 29.0 Å². The number of thioether (sulfide) groups is 1. The Balaban J connectivity index is 1.58. The molecule has 2 aliphatic rings. The molecular formula is C24H18F2N2O2S. The number of benzene rings is 3. The van der Waals surface area contributed by atoms with Crippen molar-refractivity contribution in [1.29, 1.82) is 0 Å². The Morgan fingerprint density at radius 2 is 1.68 bits per heavy atom. The summed E-state index contributed by atoms with van der Waals surface area (Å²) in [6.45, 7) is 0.456. The quantitative estimate of drug-likeness (QED) is 0.605. The number of hydrogen-bond donors (Lipinski definition) is 0. The lowest BCUT2D eigenvalue weighted by atomic mass is 10.0. The monoisotopic (exact) mass is 436 g/mol. The maximum Gasteiger partial charge on any atom is 0.268 e. The molecule has 2 heterocycles. The van der Waals surface area contributed by atoms with Crippen molar-refractivity contribution < 1.29 is 18.4 Å². The van der Waals surface area contributed by atoms with E-state index >= 15 is 0 Å². The van der Waals surface area contributed by atoms with Gasteiger partial charge in [-0.15, -0.1) is 11.8 Å². The molecule has 3 aromatic rings. The van der Waals surface area contributed by atoms with Crippen molar-refractivity contribution in [3.05, 3.63) is 101 Å². The van der Waals surface area contributed by atoms with E-state index in [2.05, 4.69) is 0 Å². The average molecular weight is 436 g/mol. The molecule has 1 fully saturated rings. The topological polar surface area (TPSA) is 40.6 Å². The predicted molar refractivity (Wildman–Crippen MR) is 116 cm³/mol. The van der Waals surface area contributed by atoms with Crippen LogP contribution in [0.5, 0.6) is 0 Å². The first-order valence-electron chi connectivity index (χ1n) is 9.89. The van der Waals surface area contributed by atoms with Crippen molar-refractivity contribution in [2.75, 3.05) is 17.2 Å². The van der Waals surface area contributed by atoms with Gasteiger partial charge in [0.15, 0.2) is 4.87 Å². The number of nitrogens with zero attached hydrogens (tertiary/aromatic N) is 2. The molecule has 156 valence electrons. The molecule has 0 aromatic heterocycles. The fraction of sp³-hybridized carbons (Fsp3) is 0.167. The minimum Gasteiger partial charge on any atom is -0.311 e. The number of anilines is 1. The molecule has 0 bridgehead atoms. The van der Waals surface area contributed by atoms with Gasteiger partial charge >= 0.3 is 0 Å². The zero-order valence-corrected chi connectivity index (χ0v) is 17.2. The molecule has 2 aliphatic heterocycles. The van der Waals surface area contributed by atoms with Crippen LogP contribution < -0.4 is 4.90 Å². The highest BCUT2D eigenvalue weighted by Crippen LogP contribution is 2.54. The lowest BCUT2D eigenvalue weighted by Gasteiger charge is -2.33. The summed E-state index contributed by atoms with van der Waals surface area (Å²) >= 11 is 1.40. The van der Waals surface area contributed by atoms with Crippen LogP contribution in [-0.4, -0.2) is 29.0 Å². The Morgan fingerprint density at radius 1 is 0.968 bits per heavy atom. The minimum absolute atomic E-state index is 0.0728. The highest BCUT2D eigenvalue weighted by molar-refractivity contribution is 8.01. The first-order chi connectivity index (χ1) is 15.0. The smallest absolute Gasteiger partial charge is 0.268 e. The maximum absolute atomic E-state index is 14.3. The predicted octanol–water partition coefficient (Wildman–Crippen LogP) is 4.55. The van der Waals surface area contributed by atoms with Crippen LogP contribution in [0.3, 0.4) is 0 Å². The Hall–Kier alpha value is -3.19. The van der Waals surface area contributed by atoms with Crippen molar-refractivity contribution in [1.82, 2.24) is 4.90 Å². The summed E-state index contributed by atoms with van der Waals surface area (Å²) in [5.74, 6) is -0.830. The molecule has 0 aliphatic carbocycles. The molecule has 4 nitrogen and oxygen atoms in total. The third kappa shape index (κ3) is 3.03. The van der Waals surface area contributed by atoms with E-state index in [1.54, 1.807) is 28.0 Å². The van der Waals surface area contributed by atoms with Crippen LogP contribution in [0.25, 0.3) is 0 Å². The van der Waals surface area contributed by atoms with Gasteiger partial charge < -0.3 is 9.80 Å². The number of carbonyl (C=O) groups excluding carboxylic acids is 2. The van der Waals surface area contributed by atoms with Gasteiger partial charge in [-0.25, -0.2) is 8.78 Å². The zero-order valence-electron chi connectivity index (χ0n) is 16.4. The number of rotatable bonds is 3. The molecule has 1 unspecified atom stereocenters. The lowest BCUT2D eigenvalue weighted by molar-refractivity contribution is -0.123. The van der Waals surface area contributed by atoms with Gasteiger partial charge in [0.2, 0.25) is 0 Å². The van der Waals surface area contributed by atoms with E-state index in [1.165, 1.54) is 42.1 Å². The number of carbonyl (C=O) groups is 2. The number of para-hydroxylation sites is 1. The Morgan fingerprint density at radius 3 is 2.45 bits per heavy atom. The molecule has 2 amide bonds. The highest BCUT2D eigenvalue weighted by atomic mass is 32.2. The zero-order chi connectivity index (χ0) is 21.6. The van der Waals surface area contributed by atoms with Gasteiger partial charge in [0.1, 0.15) is 11.6 Å². The summed E-state index contributed by atoms with van der Waals surface area (Å²) in [7, 11) is 0. The molecule has 0 saturated carbocycles. The van der Waals surface area contributed by atoms with E-state index in [0.29, 0.717) is 34.7 Å². The van der Waals surface area contributed by atoms with Gasteiger partial charge in [-0.1, -0.05) is 36.4 Å². The number of hydrogen-bond acceptors (Lipinski definition) is 3. The molecule has 31 heavy (non-hydrogen) atoms. The highest BCUT2D eigenvalue weighted by Gasteiger charge is 2.59. The standard InChI is InChI=1S/C24H18F2N2O2S/c25-18-11-9-16(10-12-18)22(29)28-13-14-31-24(28)19-6-2-4-8-21(19)27(23(24)30)15-17-5-1-3-7-20(17)26/h1-12H,13-15H2. The van der Waals surface area contributed by atoms with E-state index in [9.17, 15) is 18.4 Å². The Kier molecular flexibility index (Phi) is 4.78. The molecule has 1 atom stereocenters. The molecular weight excluding hydrogens is 418 g/mol. The van der Waals surface area contributed by atoms with Gasteiger partial charge in [0.05, 0.1) is 12.2 Å².